The van der Waals surface area contributed by atoms with Crippen LogP contribution in [0.2, 0.25) is 5.02 Å². The van der Waals surface area contributed by atoms with E-state index in [2.05, 4.69) is 20.3 Å². The number of nitrogens with zero attached hydrogens (tertiary/aromatic N) is 5. The number of fused-ring (bicyclic) bond motifs is 1. The molecule has 1 amide bonds. The zero-order valence-electron chi connectivity index (χ0n) is 17.6. The Morgan fingerprint density at radius 1 is 1.25 bits per heavy atom. The standard InChI is InChI=1S/C21H23ClN6O4/c1-2-32-17(30)11-16(29)27-9-7-13(8-10-27)19-23-20-18(21(31)24-19)25-26-28(20)12-14-5-3-4-6-15(14)22/h3-6,13H,2,7-12H2,1H3,(H,23,24,31). The summed E-state index contributed by atoms with van der Waals surface area (Å²) in [7, 11) is 0. The molecule has 0 unspecified atom stereocenters. The molecule has 1 aliphatic rings. The Morgan fingerprint density at radius 2 is 2.00 bits per heavy atom. The number of hydrogen-bond donors (Lipinski definition) is 1. The van der Waals surface area contributed by atoms with E-state index in [-0.39, 0.29) is 35.9 Å². The van der Waals surface area contributed by atoms with Crippen LogP contribution in [-0.4, -0.2) is 61.4 Å². The van der Waals surface area contributed by atoms with E-state index < -0.39 is 5.97 Å². The average molecular weight is 459 g/mol. The molecular formula is C21H23ClN6O4. The van der Waals surface area contributed by atoms with E-state index >= 15 is 0 Å². The van der Waals surface area contributed by atoms with E-state index in [1.807, 2.05) is 18.2 Å². The van der Waals surface area contributed by atoms with Crippen molar-refractivity contribution in [3.05, 3.63) is 51.0 Å². The van der Waals surface area contributed by atoms with Crippen molar-refractivity contribution >= 4 is 34.6 Å². The molecule has 0 aliphatic carbocycles. The number of esters is 1. The number of likely N-dealkylation sites (tertiary alicyclic amines) is 1. The third-order valence-electron chi connectivity index (χ3n) is 5.51. The normalized spacial score (nSPS) is 14.6. The van der Waals surface area contributed by atoms with Gasteiger partial charge >= 0.3 is 5.97 Å². The summed E-state index contributed by atoms with van der Waals surface area (Å²) in [5.74, 6) is -0.249. The lowest BCUT2D eigenvalue weighted by atomic mass is 9.95. The Bertz CT molecular complexity index is 1200. The zero-order chi connectivity index (χ0) is 22.7. The average Bonchev–Trinajstić information content (AvgIpc) is 3.19. The van der Waals surface area contributed by atoms with Crippen LogP contribution >= 0.6 is 11.6 Å². The lowest BCUT2D eigenvalue weighted by molar-refractivity contribution is -0.149. The molecule has 4 rings (SSSR count). The van der Waals surface area contributed by atoms with Gasteiger partial charge in [-0.3, -0.25) is 14.4 Å². The summed E-state index contributed by atoms with van der Waals surface area (Å²) in [6, 6.07) is 7.39. The highest BCUT2D eigenvalue weighted by Gasteiger charge is 2.27. The second-order valence-electron chi connectivity index (χ2n) is 7.60. The maximum Gasteiger partial charge on any atom is 0.315 e. The van der Waals surface area contributed by atoms with Gasteiger partial charge in [0.25, 0.3) is 5.56 Å². The summed E-state index contributed by atoms with van der Waals surface area (Å²) in [5, 5.41) is 8.66. The largest absolute Gasteiger partial charge is 0.466 e. The fourth-order valence-electron chi connectivity index (χ4n) is 3.82. The third kappa shape index (κ3) is 4.64. The van der Waals surface area contributed by atoms with Crippen LogP contribution in [0, 0.1) is 0 Å². The minimum atomic E-state index is -0.518. The molecular weight excluding hydrogens is 436 g/mol. The summed E-state index contributed by atoms with van der Waals surface area (Å²) in [4.78, 5) is 45.5. The molecule has 168 valence electrons. The maximum atomic E-state index is 12.6. The Labute approximate surface area is 188 Å². The zero-order valence-corrected chi connectivity index (χ0v) is 18.3. The molecule has 1 fully saturated rings. The summed E-state index contributed by atoms with van der Waals surface area (Å²) in [6.45, 7) is 3.24. The molecule has 32 heavy (non-hydrogen) atoms. The lowest BCUT2D eigenvalue weighted by Gasteiger charge is -2.31. The SMILES string of the molecule is CCOC(=O)CC(=O)N1CCC(c2nc3c(nnn3Cc3ccccc3Cl)c(=O)[nH]2)CC1. The van der Waals surface area contributed by atoms with Crippen LogP contribution in [0.25, 0.3) is 11.2 Å². The fourth-order valence-corrected chi connectivity index (χ4v) is 4.02. The lowest BCUT2D eigenvalue weighted by Crippen LogP contribution is -2.39. The van der Waals surface area contributed by atoms with Gasteiger partial charge in [-0.25, -0.2) is 9.67 Å². The molecule has 1 saturated heterocycles. The van der Waals surface area contributed by atoms with E-state index in [1.165, 1.54) is 0 Å². The van der Waals surface area contributed by atoms with E-state index in [0.29, 0.717) is 49.0 Å². The number of halogens is 1. The van der Waals surface area contributed by atoms with Crippen LogP contribution in [0.4, 0.5) is 0 Å². The van der Waals surface area contributed by atoms with Crippen LogP contribution in [-0.2, 0) is 20.9 Å². The number of aromatic amines is 1. The van der Waals surface area contributed by atoms with E-state index in [4.69, 9.17) is 16.3 Å². The fraction of sp³-hybridized carbons (Fsp3) is 0.429. The second kappa shape index (κ2) is 9.47. The Balaban J connectivity index is 1.49. The summed E-state index contributed by atoms with van der Waals surface area (Å²) < 4.78 is 6.41. The van der Waals surface area contributed by atoms with Crippen molar-refractivity contribution in [2.75, 3.05) is 19.7 Å². The number of nitrogens with one attached hydrogen (secondary N) is 1. The topological polar surface area (TPSA) is 123 Å². The van der Waals surface area contributed by atoms with Gasteiger partial charge in [0.15, 0.2) is 11.2 Å². The summed E-state index contributed by atoms with van der Waals surface area (Å²) in [5.41, 5.74) is 1.06. The van der Waals surface area contributed by atoms with Gasteiger partial charge in [-0.05, 0) is 31.4 Å². The smallest absolute Gasteiger partial charge is 0.315 e. The predicted molar refractivity (Wildman–Crippen MR) is 116 cm³/mol. The molecule has 0 saturated carbocycles. The maximum absolute atomic E-state index is 12.6. The number of H-pyrrole nitrogens is 1. The highest BCUT2D eigenvalue weighted by Crippen LogP contribution is 2.26. The Kier molecular flexibility index (Phi) is 6.50. The Hall–Kier alpha value is -3.27. The second-order valence-corrected chi connectivity index (χ2v) is 8.01. The quantitative estimate of drug-likeness (QED) is 0.441. The van der Waals surface area contributed by atoms with Crippen LogP contribution in [0.15, 0.2) is 29.1 Å². The predicted octanol–water partition coefficient (Wildman–Crippen LogP) is 1.88. The first-order valence-corrected chi connectivity index (χ1v) is 10.8. The van der Waals surface area contributed by atoms with Gasteiger partial charge in [0.1, 0.15) is 12.2 Å². The molecule has 0 bridgehead atoms. The van der Waals surface area contributed by atoms with Crippen LogP contribution < -0.4 is 5.56 Å². The number of piperidine rings is 1. The number of amides is 1. The van der Waals surface area contributed by atoms with Crippen molar-refractivity contribution < 1.29 is 14.3 Å². The molecule has 1 N–H and O–H groups in total. The van der Waals surface area contributed by atoms with Crippen molar-refractivity contribution in [1.82, 2.24) is 29.9 Å². The first-order valence-electron chi connectivity index (χ1n) is 10.5. The van der Waals surface area contributed by atoms with Crippen molar-refractivity contribution in [3.63, 3.8) is 0 Å². The van der Waals surface area contributed by atoms with E-state index in [9.17, 15) is 14.4 Å². The molecule has 11 heteroatoms. The molecule has 2 aromatic heterocycles. The van der Waals surface area contributed by atoms with Gasteiger partial charge < -0.3 is 14.6 Å². The number of aromatic nitrogens is 5. The number of benzene rings is 1. The van der Waals surface area contributed by atoms with Crippen molar-refractivity contribution in [1.29, 1.82) is 0 Å². The summed E-state index contributed by atoms with van der Waals surface area (Å²) >= 11 is 6.25. The minimum absolute atomic E-state index is 0.0255. The van der Waals surface area contributed by atoms with Gasteiger partial charge in [0.05, 0.1) is 13.2 Å². The van der Waals surface area contributed by atoms with Gasteiger partial charge in [0.2, 0.25) is 5.91 Å². The Morgan fingerprint density at radius 3 is 2.72 bits per heavy atom. The van der Waals surface area contributed by atoms with Gasteiger partial charge in [-0.1, -0.05) is 35.0 Å². The van der Waals surface area contributed by atoms with Crippen LogP contribution in [0.5, 0.6) is 0 Å². The monoisotopic (exact) mass is 458 g/mol. The molecule has 1 aromatic carbocycles. The van der Waals surface area contributed by atoms with Crippen molar-refractivity contribution in [2.45, 2.75) is 38.6 Å². The molecule has 3 aromatic rings. The molecule has 10 nitrogen and oxygen atoms in total. The highest BCUT2D eigenvalue weighted by molar-refractivity contribution is 6.31. The van der Waals surface area contributed by atoms with Gasteiger partial charge in [0, 0.05) is 24.0 Å². The first-order chi connectivity index (χ1) is 15.5. The first kappa shape index (κ1) is 21.9. The molecule has 0 spiro atoms. The van der Waals surface area contributed by atoms with Crippen LogP contribution in [0.3, 0.4) is 0 Å². The van der Waals surface area contributed by atoms with Crippen molar-refractivity contribution in [2.24, 2.45) is 0 Å². The number of ether oxygens (including phenoxy) is 1. The molecule has 3 heterocycles. The molecule has 0 radical (unpaired) electrons. The third-order valence-corrected chi connectivity index (χ3v) is 5.87. The van der Waals surface area contributed by atoms with Crippen molar-refractivity contribution in [3.8, 4) is 0 Å². The molecule has 1 aliphatic heterocycles. The van der Waals surface area contributed by atoms with Gasteiger partial charge in [-0.15, -0.1) is 5.10 Å². The highest BCUT2D eigenvalue weighted by atomic mass is 35.5. The number of carbonyl (C=O) groups excluding carboxylic acids is 2. The van der Waals surface area contributed by atoms with Gasteiger partial charge in [-0.2, -0.15) is 0 Å². The minimum Gasteiger partial charge on any atom is -0.466 e. The number of carbonyl (C=O) groups is 2. The number of hydrogen-bond acceptors (Lipinski definition) is 7. The van der Waals surface area contributed by atoms with Crippen LogP contribution in [0.1, 0.15) is 43.5 Å². The number of rotatable bonds is 6. The van der Waals surface area contributed by atoms with E-state index in [0.717, 1.165) is 5.56 Å². The molecule has 0 atom stereocenters. The van der Waals surface area contributed by atoms with E-state index in [1.54, 1.807) is 22.6 Å². The summed E-state index contributed by atoms with van der Waals surface area (Å²) in [6.07, 6.45) is 0.983.